The lowest BCUT2D eigenvalue weighted by molar-refractivity contribution is 0.324. The highest BCUT2D eigenvalue weighted by Gasteiger charge is 2.14. The van der Waals surface area contributed by atoms with Gasteiger partial charge in [-0.25, -0.2) is 0 Å². The Morgan fingerprint density at radius 2 is 1.60 bits per heavy atom. The van der Waals surface area contributed by atoms with E-state index in [0.717, 1.165) is 6.07 Å². The van der Waals surface area contributed by atoms with Crippen molar-refractivity contribution in [3.8, 4) is 28.7 Å². The molecule has 0 atom stereocenters. The largest absolute Gasteiger partial charge is 0.508 e. The van der Waals surface area contributed by atoms with Crippen molar-refractivity contribution in [2.45, 2.75) is 0 Å². The first-order chi connectivity index (χ1) is 9.60. The molecule has 0 unspecified atom stereocenters. The maximum atomic E-state index is 11.9. The molecule has 106 valence electrons. The molecule has 0 amide bonds. The highest BCUT2D eigenvalue weighted by atomic mass is 16.5. The Bertz CT molecular complexity index is 652. The zero-order chi connectivity index (χ0) is 14.7. The molecule has 1 aromatic heterocycles. The number of hydrogen-bond donors (Lipinski definition) is 1. The summed E-state index contributed by atoms with van der Waals surface area (Å²) in [6.07, 6.45) is 1.47. The van der Waals surface area contributed by atoms with E-state index < -0.39 is 0 Å². The van der Waals surface area contributed by atoms with E-state index in [-0.39, 0.29) is 11.3 Å². The van der Waals surface area contributed by atoms with Crippen LogP contribution in [-0.4, -0.2) is 31.0 Å². The lowest BCUT2D eigenvalue weighted by atomic mass is 10.2. The van der Waals surface area contributed by atoms with Crippen LogP contribution >= 0.6 is 0 Å². The van der Waals surface area contributed by atoms with Gasteiger partial charge in [0.25, 0.3) is 5.56 Å². The Balaban J connectivity index is 2.66. The van der Waals surface area contributed by atoms with Gasteiger partial charge in [0.1, 0.15) is 5.75 Å². The van der Waals surface area contributed by atoms with Crippen LogP contribution in [0.25, 0.3) is 5.69 Å². The molecule has 0 aliphatic heterocycles. The van der Waals surface area contributed by atoms with Gasteiger partial charge in [-0.2, -0.15) is 0 Å². The normalized spacial score (nSPS) is 10.2. The second-order valence-corrected chi connectivity index (χ2v) is 3.98. The predicted molar refractivity (Wildman–Crippen MR) is 73.4 cm³/mol. The number of ether oxygens (including phenoxy) is 3. The molecule has 6 heteroatoms. The molecule has 2 aromatic rings. The van der Waals surface area contributed by atoms with E-state index in [4.69, 9.17) is 14.2 Å². The second-order valence-electron chi connectivity index (χ2n) is 3.98. The zero-order valence-electron chi connectivity index (χ0n) is 11.4. The van der Waals surface area contributed by atoms with E-state index in [2.05, 4.69) is 0 Å². The Hall–Kier alpha value is -2.63. The Morgan fingerprint density at radius 3 is 2.05 bits per heavy atom. The van der Waals surface area contributed by atoms with Crippen molar-refractivity contribution in [2.75, 3.05) is 21.3 Å². The fourth-order valence-electron chi connectivity index (χ4n) is 1.89. The first-order valence-corrected chi connectivity index (χ1v) is 5.82. The number of aromatic nitrogens is 1. The van der Waals surface area contributed by atoms with Gasteiger partial charge in [-0.1, -0.05) is 0 Å². The van der Waals surface area contributed by atoms with Gasteiger partial charge in [-0.05, 0) is 6.07 Å². The number of methoxy groups -OCH3 is 3. The van der Waals surface area contributed by atoms with Crippen molar-refractivity contribution in [1.29, 1.82) is 0 Å². The SMILES string of the molecule is COc1cc(-n2ccc(O)cc2=O)cc(OC)c1OC. The Kier molecular flexibility index (Phi) is 3.84. The third kappa shape index (κ3) is 2.40. The van der Waals surface area contributed by atoms with Crippen LogP contribution in [0.3, 0.4) is 0 Å². The van der Waals surface area contributed by atoms with Crippen molar-refractivity contribution >= 4 is 0 Å². The smallest absolute Gasteiger partial charge is 0.258 e. The summed E-state index contributed by atoms with van der Waals surface area (Å²) in [5.41, 5.74) is 0.184. The maximum absolute atomic E-state index is 11.9. The monoisotopic (exact) mass is 277 g/mol. The van der Waals surface area contributed by atoms with E-state index in [1.165, 1.54) is 38.2 Å². The molecular weight excluding hydrogens is 262 g/mol. The topological polar surface area (TPSA) is 69.9 Å². The summed E-state index contributed by atoms with van der Waals surface area (Å²) in [5, 5.41) is 9.29. The quantitative estimate of drug-likeness (QED) is 0.918. The van der Waals surface area contributed by atoms with Gasteiger partial charge < -0.3 is 19.3 Å². The van der Waals surface area contributed by atoms with Gasteiger partial charge in [0.05, 0.1) is 27.0 Å². The second kappa shape index (κ2) is 5.56. The summed E-state index contributed by atoms with van der Waals surface area (Å²) in [6.45, 7) is 0. The molecule has 0 aliphatic carbocycles. The minimum atomic E-state index is -0.362. The number of pyridine rings is 1. The lowest BCUT2D eigenvalue weighted by Crippen LogP contribution is -2.16. The summed E-state index contributed by atoms with van der Waals surface area (Å²) >= 11 is 0. The fourth-order valence-corrected chi connectivity index (χ4v) is 1.89. The highest BCUT2D eigenvalue weighted by molar-refractivity contribution is 5.58. The number of nitrogens with zero attached hydrogens (tertiary/aromatic N) is 1. The minimum absolute atomic E-state index is 0.0845. The molecule has 6 nitrogen and oxygen atoms in total. The maximum Gasteiger partial charge on any atom is 0.258 e. The average molecular weight is 277 g/mol. The first-order valence-electron chi connectivity index (χ1n) is 5.82. The predicted octanol–water partition coefficient (Wildman–Crippen LogP) is 1.57. The fraction of sp³-hybridized carbons (Fsp3) is 0.214. The molecule has 0 fully saturated rings. The van der Waals surface area contributed by atoms with Crippen LogP contribution in [-0.2, 0) is 0 Å². The average Bonchev–Trinajstić information content (AvgIpc) is 2.45. The van der Waals surface area contributed by atoms with Crippen molar-refractivity contribution in [3.63, 3.8) is 0 Å². The van der Waals surface area contributed by atoms with E-state index in [0.29, 0.717) is 22.9 Å². The van der Waals surface area contributed by atoms with E-state index in [9.17, 15) is 9.90 Å². The van der Waals surface area contributed by atoms with Crippen LogP contribution in [0.5, 0.6) is 23.0 Å². The summed E-state index contributed by atoms with van der Waals surface area (Å²) in [6, 6.07) is 5.85. The van der Waals surface area contributed by atoms with Gasteiger partial charge in [0.15, 0.2) is 11.5 Å². The third-order valence-electron chi connectivity index (χ3n) is 2.83. The number of rotatable bonds is 4. The van der Waals surface area contributed by atoms with Crippen molar-refractivity contribution in [3.05, 3.63) is 40.8 Å². The Morgan fingerprint density at radius 1 is 1.00 bits per heavy atom. The standard InChI is InChI=1S/C14H15NO5/c1-18-11-6-9(7-12(19-2)14(11)20-3)15-5-4-10(16)8-13(15)17/h4-8,16H,1-3H3. The number of hydrogen-bond acceptors (Lipinski definition) is 5. The Labute approximate surface area is 115 Å². The minimum Gasteiger partial charge on any atom is -0.508 e. The summed E-state index contributed by atoms with van der Waals surface area (Å²) in [5.74, 6) is 1.26. The molecule has 0 radical (unpaired) electrons. The van der Waals surface area contributed by atoms with Gasteiger partial charge >= 0.3 is 0 Å². The van der Waals surface area contributed by atoms with Gasteiger partial charge in [0, 0.05) is 24.4 Å². The molecule has 20 heavy (non-hydrogen) atoms. The van der Waals surface area contributed by atoms with Crippen molar-refractivity contribution in [2.24, 2.45) is 0 Å². The van der Waals surface area contributed by atoms with Gasteiger partial charge in [-0.15, -0.1) is 0 Å². The van der Waals surface area contributed by atoms with Crippen LogP contribution in [0, 0.1) is 0 Å². The van der Waals surface area contributed by atoms with Crippen molar-refractivity contribution in [1.82, 2.24) is 4.57 Å². The molecule has 0 saturated carbocycles. The number of benzene rings is 1. The summed E-state index contributed by atoms with van der Waals surface area (Å²) < 4.78 is 17.1. The number of aromatic hydroxyl groups is 1. The molecule has 0 bridgehead atoms. The first kappa shape index (κ1) is 13.8. The summed E-state index contributed by atoms with van der Waals surface area (Å²) in [7, 11) is 4.51. The van der Waals surface area contributed by atoms with Crippen LogP contribution in [0.4, 0.5) is 0 Å². The van der Waals surface area contributed by atoms with Gasteiger partial charge in [0.2, 0.25) is 5.75 Å². The van der Waals surface area contributed by atoms with E-state index >= 15 is 0 Å². The van der Waals surface area contributed by atoms with E-state index in [1.54, 1.807) is 12.1 Å². The molecule has 0 aliphatic rings. The van der Waals surface area contributed by atoms with Crippen LogP contribution in [0.1, 0.15) is 0 Å². The molecule has 1 N–H and O–H groups in total. The van der Waals surface area contributed by atoms with Crippen LogP contribution < -0.4 is 19.8 Å². The highest BCUT2D eigenvalue weighted by Crippen LogP contribution is 2.38. The molecule has 2 rings (SSSR count). The molecular formula is C14H15NO5. The zero-order valence-corrected chi connectivity index (χ0v) is 11.4. The van der Waals surface area contributed by atoms with Crippen molar-refractivity contribution < 1.29 is 19.3 Å². The summed E-state index contributed by atoms with van der Waals surface area (Å²) in [4.78, 5) is 11.9. The molecule has 1 heterocycles. The lowest BCUT2D eigenvalue weighted by Gasteiger charge is -2.15. The molecule has 0 spiro atoms. The van der Waals surface area contributed by atoms with Gasteiger partial charge in [-0.3, -0.25) is 9.36 Å². The van der Waals surface area contributed by atoms with Crippen LogP contribution in [0.2, 0.25) is 0 Å². The van der Waals surface area contributed by atoms with Crippen LogP contribution in [0.15, 0.2) is 35.3 Å². The molecule has 0 saturated heterocycles. The molecule has 1 aromatic carbocycles. The van der Waals surface area contributed by atoms with E-state index in [1.807, 2.05) is 0 Å². The third-order valence-corrected chi connectivity index (χ3v) is 2.83.